The Morgan fingerprint density at radius 2 is 2.30 bits per heavy atom. The van der Waals surface area contributed by atoms with Crippen molar-refractivity contribution in [3.63, 3.8) is 0 Å². The molecule has 1 N–H and O–H groups in total. The van der Waals surface area contributed by atoms with Crippen LogP contribution in [0.25, 0.3) is 0 Å². The number of ether oxygens (including phenoxy) is 1. The zero-order valence-corrected chi connectivity index (χ0v) is 11.6. The van der Waals surface area contributed by atoms with E-state index in [1.807, 2.05) is 19.1 Å². The summed E-state index contributed by atoms with van der Waals surface area (Å²) in [5, 5.41) is 6.92. The van der Waals surface area contributed by atoms with Gasteiger partial charge in [-0.2, -0.15) is 5.10 Å². The van der Waals surface area contributed by atoms with Gasteiger partial charge < -0.3 is 10.1 Å². The van der Waals surface area contributed by atoms with Gasteiger partial charge in [0.05, 0.1) is 6.61 Å². The highest BCUT2D eigenvalue weighted by Crippen LogP contribution is 2.14. The average Bonchev–Trinajstić information content (AvgIpc) is 2.99. The fourth-order valence-electron chi connectivity index (χ4n) is 1.79. The Hall–Kier alpha value is -2.37. The molecule has 0 bridgehead atoms. The number of carbonyl (C=O) groups excluding carboxylic acids is 1. The van der Waals surface area contributed by atoms with Gasteiger partial charge in [0.25, 0.3) is 0 Å². The predicted molar refractivity (Wildman–Crippen MR) is 74.2 cm³/mol. The summed E-state index contributed by atoms with van der Waals surface area (Å²) in [6.07, 6.45) is 5.08. The lowest BCUT2D eigenvalue weighted by Crippen LogP contribution is -2.31. The Bertz CT molecular complexity index is 554. The molecule has 0 spiro atoms. The van der Waals surface area contributed by atoms with Crippen molar-refractivity contribution >= 4 is 5.91 Å². The molecule has 0 aliphatic heterocycles. The maximum atomic E-state index is 12.1. The van der Waals surface area contributed by atoms with E-state index in [2.05, 4.69) is 15.4 Å². The first-order valence-electron chi connectivity index (χ1n) is 6.56. The summed E-state index contributed by atoms with van der Waals surface area (Å²) in [6, 6.07) is 5.15. The van der Waals surface area contributed by atoms with E-state index >= 15 is 0 Å². The Morgan fingerprint density at radius 1 is 1.45 bits per heavy atom. The fraction of sp³-hybridized carbons (Fsp3) is 0.357. The van der Waals surface area contributed by atoms with Crippen LogP contribution in [0.3, 0.4) is 0 Å². The third-order valence-electron chi connectivity index (χ3n) is 2.89. The number of nitrogens with zero attached hydrogens (tertiary/aromatic N) is 3. The normalized spacial score (nSPS) is 11.9. The van der Waals surface area contributed by atoms with Crippen LogP contribution in [-0.4, -0.2) is 27.3 Å². The van der Waals surface area contributed by atoms with Gasteiger partial charge in [-0.25, -0.2) is 4.98 Å². The molecule has 0 saturated carbocycles. The van der Waals surface area contributed by atoms with Gasteiger partial charge in [-0.15, -0.1) is 0 Å². The zero-order chi connectivity index (χ0) is 14.4. The Labute approximate surface area is 117 Å². The minimum Gasteiger partial charge on any atom is -0.478 e. The van der Waals surface area contributed by atoms with Crippen molar-refractivity contribution in [2.24, 2.45) is 0 Å². The molecule has 6 nitrogen and oxygen atoms in total. The molecule has 0 aliphatic carbocycles. The van der Waals surface area contributed by atoms with Crippen LogP contribution in [0.5, 0.6) is 5.88 Å². The third kappa shape index (κ3) is 3.34. The van der Waals surface area contributed by atoms with E-state index in [0.29, 0.717) is 19.0 Å². The topological polar surface area (TPSA) is 69.0 Å². The van der Waals surface area contributed by atoms with Crippen LogP contribution in [0, 0.1) is 0 Å². The molecule has 1 atom stereocenters. The van der Waals surface area contributed by atoms with Crippen LogP contribution in [0.15, 0.2) is 36.8 Å². The van der Waals surface area contributed by atoms with Crippen molar-refractivity contribution in [3.8, 4) is 5.88 Å². The van der Waals surface area contributed by atoms with Crippen molar-refractivity contribution in [2.45, 2.75) is 26.4 Å². The zero-order valence-electron chi connectivity index (χ0n) is 11.6. The smallest absolute Gasteiger partial charge is 0.244 e. The van der Waals surface area contributed by atoms with E-state index in [9.17, 15) is 4.79 Å². The number of aromatic nitrogens is 3. The second kappa shape index (κ2) is 6.70. The lowest BCUT2D eigenvalue weighted by atomic mass is 10.2. The highest BCUT2D eigenvalue weighted by Gasteiger charge is 2.15. The van der Waals surface area contributed by atoms with Crippen LogP contribution < -0.4 is 10.1 Å². The number of pyridine rings is 1. The molecule has 6 heteroatoms. The van der Waals surface area contributed by atoms with E-state index in [1.165, 1.54) is 0 Å². The number of rotatable bonds is 6. The van der Waals surface area contributed by atoms with Crippen molar-refractivity contribution in [2.75, 3.05) is 6.61 Å². The van der Waals surface area contributed by atoms with Crippen molar-refractivity contribution in [1.82, 2.24) is 20.1 Å². The Morgan fingerprint density at radius 3 is 3.00 bits per heavy atom. The predicted octanol–water partition coefficient (Wildman–Crippen LogP) is 1.55. The molecular formula is C14H18N4O2. The molecule has 20 heavy (non-hydrogen) atoms. The van der Waals surface area contributed by atoms with Crippen molar-refractivity contribution in [3.05, 3.63) is 42.4 Å². The molecule has 1 amide bonds. The van der Waals surface area contributed by atoms with Crippen LogP contribution in [-0.2, 0) is 11.3 Å². The molecule has 2 aromatic heterocycles. The minimum absolute atomic E-state index is 0.0972. The summed E-state index contributed by atoms with van der Waals surface area (Å²) in [6.45, 7) is 4.63. The van der Waals surface area contributed by atoms with E-state index in [-0.39, 0.29) is 11.9 Å². The lowest BCUT2D eigenvalue weighted by Gasteiger charge is -2.14. The summed E-state index contributed by atoms with van der Waals surface area (Å²) < 4.78 is 7.04. The van der Waals surface area contributed by atoms with Gasteiger partial charge >= 0.3 is 0 Å². The summed E-state index contributed by atoms with van der Waals surface area (Å²) in [7, 11) is 0. The van der Waals surface area contributed by atoms with Crippen molar-refractivity contribution < 1.29 is 9.53 Å². The molecule has 2 rings (SSSR count). The SMILES string of the molecule is CCOc1ncccc1CNC(=O)C(C)n1cccn1. The molecular weight excluding hydrogens is 256 g/mol. The number of carbonyl (C=O) groups is 1. The molecule has 0 saturated heterocycles. The van der Waals surface area contributed by atoms with Crippen LogP contribution >= 0.6 is 0 Å². The number of nitrogens with one attached hydrogen (secondary N) is 1. The van der Waals surface area contributed by atoms with Crippen molar-refractivity contribution in [1.29, 1.82) is 0 Å². The lowest BCUT2D eigenvalue weighted by molar-refractivity contribution is -0.124. The fourth-order valence-corrected chi connectivity index (χ4v) is 1.79. The molecule has 2 aromatic rings. The van der Waals surface area contributed by atoms with Gasteiger partial charge in [0, 0.05) is 30.7 Å². The second-order valence-corrected chi connectivity index (χ2v) is 4.28. The molecule has 106 valence electrons. The number of hydrogen-bond donors (Lipinski definition) is 1. The van der Waals surface area contributed by atoms with E-state index < -0.39 is 0 Å². The standard InChI is InChI=1S/C14H18N4O2/c1-3-20-14-12(6-4-7-15-14)10-16-13(19)11(2)18-9-5-8-17-18/h4-9,11H,3,10H2,1-2H3,(H,16,19). The summed E-state index contributed by atoms with van der Waals surface area (Å²) in [5.74, 6) is 0.460. The molecule has 0 fully saturated rings. The Balaban J connectivity index is 1.96. The van der Waals surface area contributed by atoms with Gasteiger partial charge in [-0.3, -0.25) is 9.48 Å². The van der Waals surface area contributed by atoms with Crippen LogP contribution in [0.4, 0.5) is 0 Å². The van der Waals surface area contributed by atoms with E-state index in [1.54, 1.807) is 36.3 Å². The average molecular weight is 274 g/mol. The largest absolute Gasteiger partial charge is 0.478 e. The molecule has 0 radical (unpaired) electrons. The maximum absolute atomic E-state index is 12.1. The second-order valence-electron chi connectivity index (χ2n) is 4.28. The summed E-state index contributed by atoms with van der Waals surface area (Å²) in [5.41, 5.74) is 0.857. The first-order valence-corrected chi connectivity index (χ1v) is 6.56. The summed E-state index contributed by atoms with van der Waals surface area (Å²) >= 11 is 0. The number of hydrogen-bond acceptors (Lipinski definition) is 4. The quantitative estimate of drug-likeness (QED) is 0.867. The van der Waals surface area contributed by atoms with Gasteiger partial charge in [0.2, 0.25) is 11.8 Å². The molecule has 1 unspecified atom stereocenters. The molecule has 2 heterocycles. The first kappa shape index (κ1) is 14.0. The highest BCUT2D eigenvalue weighted by atomic mass is 16.5. The van der Waals surface area contributed by atoms with E-state index in [4.69, 9.17) is 4.74 Å². The van der Waals surface area contributed by atoms with Gasteiger partial charge in [0.1, 0.15) is 6.04 Å². The monoisotopic (exact) mass is 274 g/mol. The number of amides is 1. The van der Waals surface area contributed by atoms with Gasteiger partial charge in [-0.05, 0) is 26.0 Å². The Kier molecular flexibility index (Phi) is 4.70. The molecule has 0 aromatic carbocycles. The first-order chi connectivity index (χ1) is 9.72. The van der Waals surface area contributed by atoms with Crippen LogP contribution in [0.1, 0.15) is 25.5 Å². The van der Waals surface area contributed by atoms with Crippen LogP contribution in [0.2, 0.25) is 0 Å². The van der Waals surface area contributed by atoms with Gasteiger partial charge in [0.15, 0.2) is 0 Å². The van der Waals surface area contributed by atoms with Gasteiger partial charge in [-0.1, -0.05) is 6.07 Å². The highest BCUT2D eigenvalue weighted by molar-refractivity contribution is 5.79. The van der Waals surface area contributed by atoms with E-state index in [0.717, 1.165) is 5.56 Å². The minimum atomic E-state index is -0.350. The maximum Gasteiger partial charge on any atom is 0.244 e. The summed E-state index contributed by atoms with van der Waals surface area (Å²) in [4.78, 5) is 16.2. The third-order valence-corrected chi connectivity index (χ3v) is 2.89. The molecule has 0 aliphatic rings.